The van der Waals surface area contributed by atoms with Crippen molar-refractivity contribution in [3.63, 3.8) is 0 Å². The maximum absolute atomic E-state index is 11.9. The topological polar surface area (TPSA) is 67.6 Å². The van der Waals surface area contributed by atoms with Gasteiger partial charge in [-0.05, 0) is 38.8 Å². The van der Waals surface area contributed by atoms with Crippen LogP contribution in [0.2, 0.25) is 0 Å². The Morgan fingerprint density at radius 1 is 1.37 bits per heavy atom. The lowest BCUT2D eigenvalue weighted by Crippen LogP contribution is -2.38. The van der Waals surface area contributed by atoms with Gasteiger partial charge in [0, 0.05) is 19.6 Å². The number of nitrogens with two attached hydrogens (primary N) is 1. The summed E-state index contributed by atoms with van der Waals surface area (Å²) >= 11 is 0. The van der Waals surface area contributed by atoms with Crippen molar-refractivity contribution in [1.82, 2.24) is 10.2 Å². The summed E-state index contributed by atoms with van der Waals surface area (Å²) in [6, 6.07) is 0. The lowest BCUT2D eigenvalue weighted by molar-refractivity contribution is -0.132. The highest BCUT2D eigenvalue weighted by Crippen LogP contribution is 2.19. The smallest absolute Gasteiger partial charge is 0.249 e. The SMILES string of the molecule is CN1CCC(CNC(=O)[C@@H]2CC[C@H](CN)O2)C1.Cl.Cl. The highest BCUT2D eigenvalue weighted by molar-refractivity contribution is 5.85. The van der Waals surface area contributed by atoms with Gasteiger partial charge in [-0.1, -0.05) is 0 Å². The van der Waals surface area contributed by atoms with Gasteiger partial charge in [0.2, 0.25) is 5.91 Å². The van der Waals surface area contributed by atoms with E-state index >= 15 is 0 Å². The molecule has 0 saturated carbocycles. The van der Waals surface area contributed by atoms with E-state index in [9.17, 15) is 4.79 Å². The minimum atomic E-state index is -0.275. The van der Waals surface area contributed by atoms with Gasteiger partial charge in [-0.2, -0.15) is 0 Å². The number of nitrogens with zero attached hydrogens (tertiary/aromatic N) is 1. The first-order valence-electron chi connectivity index (χ1n) is 6.51. The molecule has 0 spiro atoms. The standard InChI is InChI=1S/C12H23N3O2.2ClH/c1-15-5-4-9(8-15)7-14-12(16)11-3-2-10(6-13)17-11;;/h9-11H,2-8,13H2,1H3,(H,14,16);2*1H/t9?,10-,11+;;/m1../s1. The lowest BCUT2D eigenvalue weighted by atomic mass is 10.1. The molecule has 0 bridgehead atoms. The molecule has 2 saturated heterocycles. The third-order valence-corrected chi connectivity index (χ3v) is 3.72. The van der Waals surface area contributed by atoms with Crippen LogP contribution in [0.4, 0.5) is 0 Å². The second kappa shape index (κ2) is 8.97. The molecule has 1 unspecified atom stereocenters. The van der Waals surface area contributed by atoms with Gasteiger partial charge in [-0.3, -0.25) is 4.79 Å². The number of amides is 1. The van der Waals surface area contributed by atoms with Crippen molar-refractivity contribution in [2.75, 3.05) is 33.2 Å². The van der Waals surface area contributed by atoms with Crippen LogP contribution >= 0.6 is 24.8 Å². The molecule has 1 amide bonds. The molecule has 2 fully saturated rings. The summed E-state index contributed by atoms with van der Waals surface area (Å²) in [5.74, 6) is 0.631. The largest absolute Gasteiger partial charge is 0.364 e. The van der Waals surface area contributed by atoms with Crippen molar-refractivity contribution in [2.24, 2.45) is 11.7 Å². The molecule has 2 rings (SSSR count). The van der Waals surface area contributed by atoms with Crippen LogP contribution in [0.1, 0.15) is 19.3 Å². The fraction of sp³-hybridized carbons (Fsp3) is 0.917. The number of hydrogen-bond donors (Lipinski definition) is 2. The predicted molar refractivity (Wildman–Crippen MR) is 80.1 cm³/mol. The molecule has 0 aliphatic carbocycles. The van der Waals surface area contributed by atoms with E-state index in [1.165, 1.54) is 6.42 Å². The Balaban J connectivity index is 0.00000162. The van der Waals surface area contributed by atoms with Gasteiger partial charge in [-0.25, -0.2) is 0 Å². The summed E-state index contributed by atoms with van der Waals surface area (Å²) in [6.07, 6.45) is 2.68. The van der Waals surface area contributed by atoms with E-state index in [0.717, 1.165) is 32.5 Å². The van der Waals surface area contributed by atoms with Crippen molar-refractivity contribution in [3.05, 3.63) is 0 Å². The van der Waals surface area contributed by atoms with Crippen LogP contribution in [0.5, 0.6) is 0 Å². The highest BCUT2D eigenvalue weighted by Gasteiger charge is 2.30. The molecule has 2 aliphatic heterocycles. The molecule has 19 heavy (non-hydrogen) atoms. The average Bonchev–Trinajstić information content (AvgIpc) is 2.94. The number of nitrogens with one attached hydrogen (secondary N) is 1. The molecule has 0 radical (unpaired) electrons. The van der Waals surface area contributed by atoms with E-state index in [4.69, 9.17) is 10.5 Å². The number of ether oxygens (including phenoxy) is 1. The Morgan fingerprint density at radius 3 is 2.63 bits per heavy atom. The van der Waals surface area contributed by atoms with Crippen molar-refractivity contribution < 1.29 is 9.53 Å². The number of likely N-dealkylation sites (tertiary alicyclic amines) is 1. The molecular formula is C12H25Cl2N3O2. The third kappa shape index (κ3) is 5.44. The summed E-state index contributed by atoms with van der Waals surface area (Å²) in [7, 11) is 2.12. The summed E-state index contributed by atoms with van der Waals surface area (Å²) in [5, 5.41) is 3.00. The van der Waals surface area contributed by atoms with Gasteiger partial charge >= 0.3 is 0 Å². The van der Waals surface area contributed by atoms with Gasteiger partial charge in [0.1, 0.15) is 6.10 Å². The Morgan fingerprint density at radius 2 is 2.11 bits per heavy atom. The maximum Gasteiger partial charge on any atom is 0.249 e. The van der Waals surface area contributed by atoms with E-state index in [0.29, 0.717) is 12.5 Å². The lowest BCUT2D eigenvalue weighted by Gasteiger charge is -2.15. The fourth-order valence-electron chi connectivity index (χ4n) is 2.62. The highest BCUT2D eigenvalue weighted by atomic mass is 35.5. The van der Waals surface area contributed by atoms with E-state index in [1.54, 1.807) is 0 Å². The zero-order valence-electron chi connectivity index (χ0n) is 11.3. The Bertz CT molecular complexity index is 282. The van der Waals surface area contributed by atoms with Crippen molar-refractivity contribution in [2.45, 2.75) is 31.5 Å². The van der Waals surface area contributed by atoms with Gasteiger partial charge in [0.15, 0.2) is 0 Å². The molecular weight excluding hydrogens is 289 g/mol. The van der Waals surface area contributed by atoms with E-state index in [-0.39, 0.29) is 42.9 Å². The monoisotopic (exact) mass is 313 g/mol. The molecule has 2 heterocycles. The van der Waals surface area contributed by atoms with Crippen molar-refractivity contribution >= 4 is 30.7 Å². The molecule has 0 aromatic heterocycles. The van der Waals surface area contributed by atoms with Gasteiger partial charge in [0.25, 0.3) is 0 Å². The number of hydrogen-bond acceptors (Lipinski definition) is 4. The van der Waals surface area contributed by atoms with Crippen LogP contribution in [0, 0.1) is 5.92 Å². The zero-order valence-corrected chi connectivity index (χ0v) is 13.0. The van der Waals surface area contributed by atoms with E-state index < -0.39 is 0 Å². The van der Waals surface area contributed by atoms with Gasteiger partial charge in [-0.15, -0.1) is 24.8 Å². The van der Waals surface area contributed by atoms with Crippen molar-refractivity contribution in [3.8, 4) is 0 Å². The number of rotatable bonds is 4. The Hall–Kier alpha value is -0.0700. The Labute approximate surface area is 127 Å². The first-order valence-corrected chi connectivity index (χ1v) is 6.51. The molecule has 5 nitrogen and oxygen atoms in total. The molecule has 0 aromatic carbocycles. The minimum Gasteiger partial charge on any atom is -0.364 e. The summed E-state index contributed by atoms with van der Waals surface area (Å²) in [6.45, 7) is 3.50. The zero-order chi connectivity index (χ0) is 12.3. The Kier molecular flexibility index (Phi) is 8.94. The molecule has 114 valence electrons. The molecule has 0 aromatic rings. The molecule has 3 atom stereocenters. The quantitative estimate of drug-likeness (QED) is 0.788. The molecule has 3 N–H and O–H groups in total. The van der Waals surface area contributed by atoms with Crippen LogP contribution < -0.4 is 11.1 Å². The van der Waals surface area contributed by atoms with Crippen molar-refractivity contribution in [1.29, 1.82) is 0 Å². The van der Waals surface area contributed by atoms with Crippen LogP contribution in [0.25, 0.3) is 0 Å². The first-order chi connectivity index (χ1) is 8.19. The van der Waals surface area contributed by atoms with Crippen LogP contribution in [-0.2, 0) is 9.53 Å². The number of carbonyl (C=O) groups is 1. The normalized spacial score (nSPS) is 30.5. The van der Waals surface area contributed by atoms with Crippen LogP contribution in [-0.4, -0.2) is 56.2 Å². The first kappa shape index (κ1) is 18.9. The summed E-state index contributed by atoms with van der Waals surface area (Å²) in [5.41, 5.74) is 5.52. The fourth-order valence-corrected chi connectivity index (χ4v) is 2.62. The second-order valence-corrected chi connectivity index (χ2v) is 5.22. The van der Waals surface area contributed by atoms with E-state index in [2.05, 4.69) is 17.3 Å². The summed E-state index contributed by atoms with van der Waals surface area (Å²) in [4.78, 5) is 14.2. The third-order valence-electron chi connectivity index (χ3n) is 3.72. The molecule has 2 aliphatic rings. The number of halogens is 2. The maximum atomic E-state index is 11.9. The summed E-state index contributed by atoms with van der Waals surface area (Å²) < 4.78 is 5.56. The average molecular weight is 314 g/mol. The van der Waals surface area contributed by atoms with E-state index in [1.807, 2.05) is 0 Å². The van der Waals surface area contributed by atoms with Gasteiger partial charge < -0.3 is 20.7 Å². The van der Waals surface area contributed by atoms with Crippen LogP contribution in [0.15, 0.2) is 0 Å². The number of carbonyl (C=O) groups excluding carboxylic acids is 1. The predicted octanol–water partition coefficient (Wildman–Crippen LogP) is 0.404. The van der Waals surface area contributed by atoms with Crippen LogP contribution in [0.3, 0.4) is 0 Å². The molecule has 7 heteroatoms. The second-order valence-electron chi connectivity index (χ2n) is 5.22. The minimum absolute atomic E-state index is 0. The van der Waals surface area contributed by atoms with Gasteiger partial charge in [0.05, 0.1) is 6.10 Å².